The van der Waals surface area contributed by atoms with Crippen LogP contribution in [0.2, 0.25) is 0 Å². The molecule has 1 aliphatic heterocycles. The summed E-state index contributed by atoms with van der Waals surface area (Å²) in [5.74, 6) is -0.0130. The van der Waals surface area contributed by atoms with E-state index in [1.807, 2.05) is 37.8 Å². The lowest BCUT2D eigenvalue weighted by Crippen LogP contribution is -2.53. The Morgan fingerprint density at radius 2 is 1.54 bits per heavy atom. The van der Waals surface area contributed by atoms with Gasteiger partial charge in [-0.25, -0.2) is 8.42 Å². The maximum atomic E-state index is 12.9. The van der Waals surface area contributed by atoms with Crippen LogP contribution in [0.15, 0.2) is 29.2 Å². The van der Waals surface area contributed by atoms with Gasteiger partial charge in [0.15, 0.2) is 0 Å². The van der Waals surface area contributed by atoms with Crippen molar-refractivity contribution in [1.82, 2.24) is 14.5 Å². The van der Waals surface area contributed by atoms with Crippen molar-refractivity contribution >= 4 is 15.9 Å². The monoisotopic (exact) mass is 409 g/mol. The molecule has 1 heterocycles. The first-order valence-electron chi connectivity index (χ1n) is 9.99. The van der Waals surface area contributed by atoms with Crippen molar-refractivity contribution in [3.63, 3.8) is 0 Å². The Morgan fingerprint density at radius 3 is 2.00 bits per heavy atom. The van der Waals surface area contributed by atoms with E-state index in [4.69, 9.17) is 0 Å². The fourth-order valence-electron chi connectivity index (χ4n) is 3.11. The number of sulfonamides is 1. The van der Waals surface area contributed by atoms with Crippen molar-refractivity contribution in [2.24, 2.45) is 0 Å². The van der Waals surface area contributed by atoms with E-state index in [2.05, 4.69) is 26.1 Å². The van der Waals surface area contributed by atoms with Crippen molar-refractivity contribution in [1.29, 1.82) is 0 Å². The van der Waals surface area contributed by atoms with E-state index in [-0.39, 0.29) is 16.9 Å². The molecule has 1 aliphatic rings. The van der Waals surface area contributed by atoms with Crippen LogP contribution in [0, 0.1) is 0 Å². The average molecular weight is 410 g/mol. The van der Waals surface area contributed by atoms with Crippen molar-refractivity contribution in [3.8, 4) is 0 Å². The maximum absolute atomic E-state index is 12.9. The van der Waals surface area contributed by atoms with E-state index in [0.29, 0.717) is 37.6 Å². The first-order valence-corrected chi connectivity index (χ1v) is 11.4. The summed E-state index contributed by atoms with van der Waals surface area (Å²) in [5.41, 5.74) is 0.875. The van der Waals surface area contributed by atoms with Gasteiger partial charge in [-0.3, -0.25) is 9.69 Å². The van der Waals surface area contributed by atoms with Crippen LogP contribution in [0.3, 0.4) is 0 Å². The molecule has 1 fully saturated rings. The second kappa shape index (κ2) is 8.51. The Balaban J connectivity index is 1.95. The minimum Gasteiger partial charge on any atom is -0.350 e. The number of nitrogens with one attached hydrogen (secondary N) is 1. The van der Waals surface area contributed by atoms with Crippen molar-refractivity contribution < 1.29 is 13.2 Å². The number of carbonyl (C=O) groups is 1. The van der Waals surface area contributed by atoms with Crippen LogP contribution in [0.25, 0.3) is 0 Å². The molecule has 28 heavy (non-hydrogen) atoms. The maximum Gasteiger partial charge on any atom is 0.243 e. The molecule has 0 saturated carbocycles. The highest BCUT2D eigenvalue weighted by Crippen LogP contribution is 2.25. The van der Waals surface area contributed by atoms with Crippen molar-refractivity contribution in [2.45, 2.75) is 63.8 Å². The van der Waals surface area contributed by atoms with E-state index in [9.17, 15) is 13.2 Å². The number of rotatable bonds is 6. The second-order valence-corrected chi connectivity index (χ2v) is 11.2. The Morgan fingerprint density at radius 1 is 1.00 bits per heavy atom. The molecule has 6 nitrogen and oxygen atoms in total. The van der Waals surface area contributed by atoms with Gasteiger partial charge in [-0.15, -0.1) is 0 Å². The minimum atomic E-state index is -3.50. The van der Waals surface area contributed by atoms with Gasteiger partial charge in [0.05, 0.1) is 11.4 Å². The molecule has 0 aliphatic carbocycles. The standard InChI is InChI=1S/C21H35N3O3S/c1-7-21(5,6)22-19(25)16-23-12-14-24(15-13-23)28(26,27)18-10-8-17(9-11-18)20(2,3)4/h8-11H,7,12-16H2,1-6H3,(H,22,25). The van der Waals surface area contributed by atoms with E-state index in [0.717, 1.165) is 12.0 Å². The van der Waals surface area contributed by atoms with Gasteiger partial charge in [0.2, 0.25) is 15.9 Å². The Bertz CT molecular complexity index is 772. The quantitative estimate of drug-likeness (QED) is 0.784. The van der Waals surface area contributed by atoms with Crippen LogP contribution < -0.4 is 5.32 Å². The van der Waals surface area contributed by atoms with Crippen LogP contribution >= 0.6 is 0 Å². The highest BCUT2D eigenvalue weighted by Gasteiger charge is 2.30. The van der Waals surface area contributed by atoms with E-state index in [1.165, 1.54) is 4.31 Å². The predicted molar refractivity (Wildman–Crippen MR) is 113 cm³/mol. The summed E-state index contributed by atoms with van der Waals surface area (Å²) in [7, 11) is -3.50. The zero-order valence-electron chi connectivity index (χ0n) is 18.1. The second-order valence-electron chi connectivity index (χ2n) is 9.24. The highest BCUT2D eigenvalue weighted by molar-refractivity contribution is 7.89. The van der Waals surface area contributed by atoms with Crippen molar-refractivity contribution in [2.75, 3.05) is 32.7 Å². The van der Waals surface area contributed by atoms with Crippen LogP contribution in [-0.4, -0.2) is 61.8 Å². The van der Waals surface area contributed by atoms with E-state index >= 15 is 0 Å². The first-order chi connectivity index (χ1) is 12.8. The molecule has 1 N–H and O–H groups in total. The zero-order chi connectivity index (χ0) is 21.2. The summed E-state index contributed by atoms with van der Waals surface area (Å²) in [6, 6.07) is 7.18. The molecule has 2 rings (SSSR count). The summed E-state index contributed by atoms with van der Waals surface area (Å²) < 4.78 is 27.4. The third kappa shape index (κ3) is 5.78. The van der Waals surface area contributed by atoms with Crippen LogP contribution in [0.1, 0.15) is 53.5 Å². The number of nitrogens with zero attached hydrogens (tertiary/aromatic N) is 2. The molecule has 0 radical (unpaired) electrons. The van der Waals surface area contributed by atoms with Gasteiger partial charge < -0.3 is 5.32 Å². The number of hydrogen-bond donors (Lipinski definition) is 1. The normalized spacial score (nSPS) is 17.5. The lowest BCUT2D eigenvalue weighted by atomic mass is 9.87. The molecule has 1 saturated heterocycles. The lowest BCUT2D eigenvalue weighted by molar-refractivity contribution is -0.124. The van der Waals surface area contributed by atoms with Crippen molar-refractivity contribution in [3.05, 3.63) is 29.8 Å². The largest absolute Gasteiger partial charge is 0.350 e. The number of carbonyl (C=O) groups excluding carboxylic acids is 1. The van der Waals surface area contributed by atoms with Gasteiger partial charge in [0.25, 0.3) is 0 Å². The lowest BCUT2D eigenvalue weighted by Gasteiger charge is -2.34. The Kier molecular flexibility index (Phi) is 6.94. The van der Waals surface area contributed by atoms with Crippen LogP contribution in [0.5, 0.6) is 0 Å². The predicted octanol–water partition coefficient (Wildman–Crippen LogP) is 2.60. The summed E-state index contributed by atoms with van der Waals surface area (Å²) in [4.78, 5) is 14.6. The molecule has 1 aromatic carbocycles. The van der Waals surface area contributed by atoms with Gasteiger partial charge in [-0.1, -0.05) is 39.8 Å². The van der Waals surface area contributed by atoms with Crippen LogP contribution in [-0.2, 0) is 20.2 Å². The molecule has 0 unspecified atom stereocenters. The number of hydrogen-bond acceptors (Lipinski definition) is 4. The smallest absolute Gasteiger partial charge is 0.243 e. The molecule has 7 heteroatoms. The zero-order valence-corrected chi connectivity index (χ0v) is 18.9. The van der Waals surface area contributed by atoms with Gasteiger partial charge >= 0.3 is 0 Å². The van der Waals surface area contributed by atoms with Gasteiger partial charge in [-0.05, 0) is 43.4 Å². The minimum absolute atomic E-state index is 0.0130. The fraction of sp³-hybridized carbons (Fsp3) is 0.667. The third-order valence-electron chi connectivity index (χ3n) is 5.42. The van der Waals surface area contributed by atoms with Gasteiger partial charge in [-0.2, -0.15) is 4.31 Å². The number of benzene rings is 1. The molecule has 1 aromatic rings. The average Bonchev–Trinajstić information content (AvgIpc) is 2.61. The topological polar surface area (TPSA) is 69.7 Å². The molecular weight excluding hydrogens is 374 g/mol. The van der Waals surface area contributed by atoms with Gasteiger partial charge in [0, 0.05) is 31.7 Å². The highest BCUT2D eigenvalue weighted by atomic mass is 32.2. The Labute approximate surface area is 170 Å². The third-order valence-corrected chi connectivity index (χ3v) is 7.33. The number of piperazine rings is 1. The molecule has 0 bridgehead atoms. The van der Waals surface area contributed by atoms with E-state index in [1.54, 1.807) is 12.1 Å². The molecule has 158 valence electrons. The number of amides is 1. The molecule has 0 atom stereocenters. The molecular formula is C21H35N3O3S. The summed E-state index contributed by atoms with van der Waals surface area (Å²) in [6.45, 7) is 14.6. The first kappa shape index (κ1) is 22.8. The summed E-state index contributed by atoms with van der Waals surface area (Å²) in [6.07, 6.45) is 0.860. The molecule has 1 amide bonds. The van der Waals surface area contributed by atoms with Crippen LogP contribution in [0.4, 0.5) is 0 Å². The summed E-state index contributed by atoms with van der Waals surface area (Å²) in [5, 5.41) is 3.03. The van der Waals surface area contributed by atoms with E-state index < -0.39 is 10.0 Å². The van der Waals surface area contributed by atoms with Gasteiger partial charge in [0.1, 0.15) is 0 Å². The summed E-state index contributed by atoms with van der Waals surface area (Å²) >= 11 is 0. The Hall–Kier alpha value is -1.44. The SMILES string of the molecule is CCC(C)(C)NC(=O)CN1CCN(S(=O)(=O)c2ccc(C(C)(C)C)cc2)CC1. The molecule has 0 aromatic heterocycles. The molecule has 0 spiro atoms. The fourth-order valence-corrected chi connectivity index (χ4v) is 4.53.